The van der Waals surface area contributed by atoms with E-state index in [2.05, 4.69) is 26.6 Å². The molecule has 4 rings (SSSR count). The standard InChI is InChI=1S/C18H26N4O2/c23-18(21-17-5-4-13-2-1-3-16(13)20-17)19-12-15-6-9-22(15)14-7-10-24-11-8-14/h4-5,14-15H,1-3,6-12H2,(H2,19,20,21,23). The van der Waals surface area contributed by atoms with Gasteiger partial charge in [0.1, 0.15) is 5.82 Å². The SMILES string of the molecule is O=C(NCC1CCN1C1CCOCC1)Nc1ccc2c(n1)CCC2. The second kappa shape index (κ2) is 7.07. The number of carbonyl (C=O) groups excluding carboxylic acids is 1. The fourth-order valence-electron chi connectivity index (χ4n) is 4.04. The van der Waals surface area contributed by atoms with Gasteiger partial charge >= 0.3 is 6.03 Å². The molecule has 2 fully saturated rings. The van der Waals surface area contributed by atoms with E-state index in [9.17, 15) is 4.79 Å². The molecule has 3 aliphatic rings. The third-order valence-electron chi connectivity index (χ3n) is 5.52. The van der Waals surface area contributed by atoms with Gasteiger partial charge in [0.05, 0.1) is 0 Å². The number of urea groups is 1. The van der Waals surface area contributed by atoms with E-state index in [1.54, 1.807) is 0 Å². The molecule has 2 amide bonds. The number of hydrogen-bond donors (Lipinski definition) is 2. The van der Waals surface area contributed by atoms with Gasteiger partial charge in [-0.15, -0.1) is 0 Å². The van der Waals surface area contributed by atoms with Crippen LogP contribution in [0.15, 0.2) is 12.1 Å². The summed E-state index contributed by atoms with van der Waals surface area (Å²) < 4.78 is 5.44. The Hall–Kier alpha value is -1.66. The molecule has 130 valence electrons. The zero-order valence-electron chi connectivity index (χ0n) is 14.1. The van der Waals surface area contributed by atoms with Gasteiger partial charge in [-0.1, -0.05) is 6.07 Å². The van der Waals surface area contributed by atoms with Crippen molar-refractivity contribution in [2.45, 2.75) is 50.6 Å². The van der Waals surface area contributed by atoms with Gasteiger partial charge in [-0.25, -0.2) is 9.78 Å². The number of amides is 2. The number of likely N-dealkylation sites (tertiary alicyclic amines) is 1. The summed E-state index contributed by atoms with van der Waals surface area (Å²) in [5, 5.41) is 5.88. The normalized spacial score (nSPS) is 24.2. The van der Waals surface area contributed by atoms with E-state index >= 15 is 0 Å². The van der Waals surface area contributed by atoms with Crippen molar-refractivity contribution in [1.29, 1.82) is 0 Å². The quantitative estimate of drug-likeness (QED) is 0.885. The largest absolute Gasteiger partial charge is 0.381 e. The highest BCUT2D eigenvalue weighted by atomic mass is 16.5. The molecule has 0 saturated carbocycles. The zero-order chi connectivity index (χ0) is 16.4. The van der Waals surface area contributed by atoms with E-state index in [-0.39, 0.29) is 6.03 Å². The second-order valence-electron chi connectivity index (χ2n) is 7.01. The Kier molecular flexibility index (Phi) is 4.67. The number of anilines is 1. The molecule has 2 aliphatic heterocycles. The first-order valence-electron chi connectivity index (χ1n) is 9.17. The average molecular weight is 330 g/mol. The Morgan fingerprint density at radius 1 is 1.25 bits per heavy atom. The predicted molar refractivity (Wildman–Crippen MR) is 92.2 cm³/mol. The van der Waals surface area contributed by atoms with Crippen LogP contribution in [0.5, 0.6) is 0 Å². The molecule has 6 nitrogen and oxygen atoms in total. The van der Waals surface area contributed by atoms with E-state index in [0.717, 1.165) is 57.6 Å². The summed E-state index contributed by atoms with van der Waals surface area (Å²) in [5.74, 6) is 0.656. The molecule has 2 saturated heterocycles. The van der Waals surface area contributed by atoms with Crippen LogP contribution >= 0.6 is 0 Å². The van der Waals surface area contributed by atoms with Crippen LogP contribution < -0.4 is 10.6 Å². The fourth-order valence-corrected chi connectivity index (χ4v) is 4.04. The number of aromatic nitrogens is 1. The Bertz CT molecular complexity index is 601. The lowest BCUT2D eigenvalue weighted by molar-refractivity contribution is -0.0217. The Morgan fingerprint density at radius 3 is 2.92 bits per heavy atom. The number of hydrogen-bond acceptors (Lipinski definition) is 4. The molecule has 2 N–H and O–H groups in total. The number of pyridine rings is 1. The van der Waals surface area contributed by atoms with E-state index < -0.39 is 0 Å². The van der Waals surface area contributed by atoms with E-state index in [0.29, 0.717) is 24.4 Å². The molecule has 0 aromatic carbocycles. The summed E-state index contributed by atoms with van der Waals surface area (Å²) in [6.45, 7) is 3.58. The van der Waals surface area contributed by atoms with Crippen molar-refractivity contribution in [2.75, 3.05) is 31.6 Å². The summed E-state index contributed by atoms with van der Waals surface area (Å²) in [4.78, 5) is 19.2. The highest BCUT2D eigenvalue weighted by molar-refractivity contribution is 5.88. The molecule has 1 aromatic rings. The van der Waals surface area contributed by atoms with Crippen LogP contribution in [0.25, 0.3) is 0 Å². The monoisotopic (exact) mass is 330 g/mol. The molecule has 1 aliphatic carbocycles. The van der Waals surface area contributed by atoms with Crippen LogP contribution in [0.3, 0.4) is 0 Å². The number of aryl methyl sites for hydroxylation is 2. The lowest BCUT2D eigenvalue weighted by atomic mass is 9.95. The van der Waals surface area contributed by atoms with Crippen LogP contribution in [-0.4, -0.2) is 54.3 Å². The molecule has 1 atom stereocenters. The van der Waals surface area contributed by atoms with E-state index in [1.807, 2.05) is 6.07 Å². The number of carbonyl (C=O) groups is 1. The first kappa shape index (κ1) is 15.8. The lowest BCUT2D eigenvalue weighted by Crippen LogP contribution is -2.58. The van der Waals surface area contributed by atoms with Crippen molar-refractivity contribution in [3.63, 3.8) is 0 Å². The van der Waals surface area contributed by atoms with Gasteiger partial charge in [0.2, 0.25) is 0 Å². The number of fused-ring (bicyclic) bond motifs is 1. The van der Waals surface area contributed by atoms with Crippen molar-refractivity contribution in [2.24, 2.45) is 0 Å². The van der Waals surface area contributed by atoms with Gasteiger partial charge < -0.3 is 10.1 Å². The molecule has 3 heterocycles. The van der Waals surface area contributed by atoms with E-state index in [1.165, 1.54) is 12.0 Å². The van der Waals surface area contributed by atoms with Crippen molar-refractivity contribution >= 4 is 11.8 Å². The van der Waals surface area contributed by atoms with Gasteiger partial charge in [0.25, 0.3) is 0 Å². The number of nitrogens with one attached hydrogen (secondary N) is 2. The minimum Gasteiger partial charge on any atom is -0.381 e. The summed E-state index contributed by atoms with van der Waals surface area (Å²) in [7, 11) is 0. The Balaban J connectivity index is 1.24. The van der Waals surface area contributed by atoms with Crippen LogP contribution in [0.4, 0.5) is 10.6 Å². The average Bonchev–Trinajstić information content (AvgIpc) is 3.02. The van der Waals surface area contributed by atoms with Crippen molar-refractivity contribution in [3.8, 4) is 0 Å². The second-order valence-corrected chi connectivity index (χ2v) is 7.01. The molecular formula is C18H26N4O2. The van der Waals surface area contributed by atoms with Crippen molar-refractivity contribution in [1.82, 2.24) is 15.2 Å². The Labute approximate surface area is 143 Å². The maximum absolute atomic E-state index is 12.1. The maximum Gasteiger partial charge on any atom is 0.320 e. The number of ether oxygens (including phenoxy) is 1. The highest BCUT2D eigenvalue weighted by Crippen LogP contribution is 2.26. The molecule has 1 aromatic heterocycles. The molecule has 0 bridgehead atoms. The number of rotatable bonds is 4. The summed E-state index contributed by atoms with van der Waals surface area (Å²) >= 11 is 0. The molecule has 1 unspecified atom stereocenters. The van der Waals surface area contributed by atoms with Crippen LogP contribution in [0, 0.1) is 0 Å². The summed E-state index contributed by atoms with van der Waals surface area (Å²) in [6, 6.07) is 4.93. The minimum atomic E-state index is -0.153. The van der Waals surface area contributed by atoms with Crippen molar-refractivity contribution in [3.05, 3.63) is 23.4 Å². The van der Waals surface area contributed by atoms with E-state index in [4.69, 9.17) is 4.74 Å². The molecule has 0 spiro atoms. The van der Waals surface area contributed by atoms with Crippen LogP contribution in [0.1, 0.15) is 36.9 Å². The molecular weight excluding hydrogens is 304 g/mol. The molecule has 0 radical (unpaired) electrons. The third kappa shape index (κ3) is 3.39. The smallest absolute Gasteiger partial charge is 0.320 e. The minimum absolute atomic E-state index is 0.153. The number of nitrogens with zero attached hydrogens (tertiary/aromatic N) is 2. The molecule has 6 heteroatoms. The van der Waals surface area contributed by atoms with Gasteiger partial charge in [0.15, 0.2) is 0 Å². The summed E-state index contributed by atoms with van der Waals surface area (Å²) in [6.07, 6.45) is 6.69. The van der Waals surface area contributed by atoms with Gasteiger partial charge in [-0.05, 0) is 50.2 Å². The fraction of sp³-hybridized carbons (Fsp3) is 0.667. The zero-order valence-corrected chi connectivity index (χ0v) is 14.1. The van der Waals surface area contributed by atoms with Crippen LogP contribution in [0.2, 0.25) is 0 Å². The maximum atomic E-state index is 12.1. The van der Waals surface area contributed by atoms with Crippen molar-refractivity contribution < 1.29 is 9.53 Å². The van der Waals surface area contributed by atoms with Gasteiger partial charge in [-0.2, -0.15) is 0 Å². The Morgan fingerprint density at radius 2 is 2.12 bits per heavy atom. The predicted octanol–water partition coefficient (Wildman–Crippen LogP) is 1.95. The van der Waals surface area contributed by atoms with Gasteiger partial charge in [0, 0.05) is 44.1 Å². The molecule has 24 heavy (non-hydrogen) atoms. The van der Waals surface area contributed by atoms with Gasteiger partial charge in [-0.3, -0.25) is 10.2 Å². The first-order valence-corrected chi connectivity index (χ1v) is 9.17. The summed E-state index contributed by atoms with van der Waals surface area (Å²) in [5.41, 5.74) is 2.46. The van der Waals surface area contributed by atoms with Crippen LogP contribution in [-0.2, 0) is 17.6 Å². The third-order valence-corrected chi connectivity index (χ3v) is 5.52. The highest BCUT2D eigenvalue weighted by Gasteiger charge is 2.34. The topological polar surface area (TPSA) is 66.5 Å². The lowest BCUT2D eigenvalue weighted by Gasteiger charge is -2.47. The first-order chi connectivity index (χ1) is 11.8.